The fourth-order valence-electron chi connectivity index (χ4n) is 2.38. The van der Waals surface area contributed by atoms with Gasteiger partial charge in [0.15, 0.2) is 11.7 Å². The van der Waals surface area contributed by atoms with E-state index in [0.29, 0.717) is 34.0 Å². The molecule has 0 unspecified atom stereocenters. The van der Waals surface area contributed by atoms with Crippen LogP contribution in [-0.4, -0.2) is 49.6 Å². The molecule has 2 aromatic carbocycles. The van der Waals surface area contributed by atoms with Crippen molar-refractivity contribution in [1.29, 1.82) is 0 Å². The molecule has 9 heteroatoms. The van der Waals surface area contributed by atoms with Crippen molar-refractivity contribution in [2.75, 3.05) is 38.7 Å². The number of aromatic nitrogens is 1. The minimum absolute atomic E-state index is 0. The number of rotatable bonds is 7. The van der Waals surface area contributed by atoms with Crippen LogP contribution in [0.5, 0.6) is 5.75 Å². The van der Waals surface area contributed by atoms with Crippen LogP contribution in [0.3, 0.4) is 0 Å². The monoisotopic (exact) mass is 459 g/mol. The van der Waals surface area contributed by atoms with E-state index in [2.05, 4.69) is 4.98 Å². The number of hydrogen-bond acceptors (Lipinski definition) is 5. The van der Waals surface area contributed by atoms with Crippen molar-refractivity contribution in [2.45, 2.75) is 0 Å². The van der Waals surface area contributed by atoms with Crippen molar-refractivity contribution < 1.29 is 9.53 Å². The summed E-state index contributed by atoms with van der Waals surface area (Å²) in [7, 11) is 3.93. The Bertz CT molecular complexity index is 932. The highest BCUT2D eigenvalue weighted by Crippen LogP contribution is 2.31. The molecule has 3 aromatic rings. The first-order valence-corrected chi connectivity index (χ1v) is 9.89. The number of amides is 1. The lowest BCUT2D eigenvalue weighted by Crippen LogP contribution is -2.39. The van der Waals surface area contributed by atoms with Gasteiger partial charge in [-0.3, -0.25) is 9.69 Å². The Hall–Kier alpha value is -1.57. The van der Waals surface area contributed by atoms with E-state index < -0.39 is 0 Å². The molecule has 0 N–H and O–H groups in total. The van der Waals surface area contributed by atoms with E-state index in [1.807, 2.05) is 31.1 Å². The first-order valence-electron chi connectivity index (χ1n) is 8.32. The number of benzene rings is 2. The quantitative estimate of drug-likeness (QED) is 0.498. The predicted octanol–water partition coefficient (Wildman–Crippen LogP) is 5.00. The molecule has 0 aliphatic rings. The summed E-state index contributed by atoms with van der Waals surface area (Å²) in [6.07, 6.45) is 0. The Balaban J connectivity index is 0.00000280. The molecule has 0 aliphatic heterocycles. The average Bonchev–Trinajstić information content (AvgIpc) is 3.03. The normalized spacial score (nSPS) is 10.8. The third-order valence-electron chi connectivity index (χ3n) is 3.82. The second kappa shape index (κ2) is 10.3. The van der Waals surface area contributed by atoms with Gasteiger partial charge < -0.3 is 9.64 Å². The smallest absolute Gasteiger partial charge is 0.266 e. The molecule has 1 amide bonds. The van der Waals surface area contributed by atoms with Crippen molar-refractivity contribution in [3.05, 3.63) is 52.5 Å². The molecule has 1 heterocycles. The number of halogens is 3. The molecule has 28 heavy (non-hydrogen) atoms. The third-order valence-corrected chi connectivity index (χ3v) is 5.35. The predicted molar refractivity (Wildman–Crippen MR) is 120 cm³/mol. The van der Waals surface area contributed by atoms with Crippen molar-refractivity contribution in [1.82, 2.24) is 9.88 Å². The number of carbonyl (C=O) groups is 1. The lowest BCUT2D eigenvalue weighted by molar-refractivity contribution is -0.120. The number of nitrogens with zero attached hydrogens (tertiary/aromatic N) is 3. The van der Waals surface area contributed by atoms with Gasteiger partial charge in [-0.2, -0.15) is 0 Å². The maximum atomic E-state index is 12.8. The van der Waals surface area contributed by atoms with Crippen LogP contribution in [0, 0.1) is 0 Å². The van der Waals surface area contributed by atoms with Gasteiger partial charge in [0, 0.05) is 23.1 Å². The van der Waals surface area contributed by atoms with E-state index in [-0.39, 0.29) is 24.9 Å². The molecule has 0 atom stereocenters. The topological polar surface area (TPSA) is 45.7 Å². The molecule has 1 aromatic heterocycles. The maximum Gasteiger partial charge on any atom is 0.266 e. The van der Waals surface area contributed by atoms with E-state index in [1.165, 1.54) is 11.3 Å². The molecule has 0 radical (unpaired) electrons. The SMILES string of the molecule is CN(C)CCN(C(=O)COc1ccc(Cl)cc1)c1nc2ccc(Cl)cc2s1.Cl. The van der Waals surface area contributed by atoms with Crippen molar-refractivity contribution >= 4 is 68.2 Å². The van der Waals surface area contributed by atoms with Crippen LogP contribution in [0.2, 0.25) is 10.0 Å². The number of hydrogen-bond donors (Lipinski definition) is 0. The summed E-state index contributed by atoms with van der Waals surface area (Å²) in [5.41, 5.74) is 0.820. The fourth-order valence-corrected chi connectivity index (χ4v) is 3.79. The molecule has 0 bridgehead atoms. The minimum atomic E-state index is -0.156. The molecule has 150 valence electrons. The van der Waals surface area contributed by atoms with E-state index in [9.17, 15) is 4.79 Å². The van der Waals surface area contributed by atoms with Gasteiger partial charge in [-0.05, 0) is 56.6 Å². The second-order valence-corrected chi connectivity index (χ2v) is 8.08. The molecule has 0 saturated carbocycles. The van der Waals surface area contributed by atoms with Gasteiger partial charge >= 0.3 is 0 Å². The Kier molecular flexibility index (Phi) is 8.34. The van der Waals surface area contributed by atoms with Gasteiger partial charge in [-0.15, -0.1) is 12.4 Å². The number of likely N-dealkylation sites (N-methyl/N-ethyl adjacent to an activating group) is 1. The van der Waals surface area contributed by atoms with Crippen LogP contribution in [0.25, 0.3) is 10.2 Å². The van der Waals surface area contributed by atoms with Crippen molar-refractivity contribution in [3.8, 4) is 5.75 Å². The summed E-state index contributed by atoms with van der Waals surface area (Å²) in [6, 6.07) is 12.4. The van der Waals surface area contributed by atoms with Crippen LogP contribution in [-0.2, 0) is 4.79 Å². The number of ether oxygens (including phenoxy) is 1. The zero-order valence-electron chi connectivity index (χ0n) is 15.4. The number of anilines is 1. The summed E-state index contributed by atoms with van der Waals surface area (Å²) >= 11 is 13.4. The van der Waals surface area contributed by atoms with E-state index in [1.54, 1.807) is 35.2 Å². The van der Waals surface area contributed by atoms with E-state index in [4.69, 9.17) is 27.9 Å². The van der Waals surface area contributed by atoms with Crippen LogP contribution in [0.4, 0.5) is 5.13 Å². The molecular formula is C19H20Cl3N3O2S. The third kappa shape index (κ3) is 5.96. The van der Waals surface area contributed by atoms with Crippen LogP contribution in [0.1, 0.15) is 0 Å². The van der Waals surface area contributed by atoms with Gasteiger partial charge in [0.05, 0.1) is 10.2 Å². The maximum absolute atomic E-state index is 12.8. The number of carbonyl (C=O) groups excluding carboxylic acids is 1. The molecule has 0 spiro atoms. The molecule has 0 saturated heterocycles. The fraction of sp³-hybridized carbons (Fsp3) is 0.263. The average molecular weight is 461 g/mol. The first-order chi connectivity index (χ1) is 12.9. The van der Waals surface area contributed by atoms with Crippen LogP contribution in [0.15, 0.2) is 42.5 Å². The highest BCUT2D eigenvalue weighted by molar-refractivity contribution is 7.22. The van der Waals surface area contributed by atoms with E-state index in [0.717, 1.165) is 10.2 Å². The number of fused-ring (bicyclic) bond motifs is 1. The molecule has 0 fully saturated rings. The van der Waals surface area contributed by atoms with Gasteiger partial charge in [0.1, 0.15) is 5.75 Å². The van der Waals surface area contributed by atoms with Crippen LogP contribution < -0.4 is 9.64 Å². The van der Waals surface area contributed by atoms with Gasteiger partial charge in [-0.25, -0.2) is 4.98 Å². The van der Waals surface area contributed by atoms with Crippen molar-refractivity contribution in [2.24, 2.45) is 0 Å². The van der Waals surface area contributed by atoms with Gasteiger partial charge in [0.2, 0.25) is 0 Å². The summed E-state index contributed by atoms with van der Waals surface area (Å²) in [4.78, 5) is 21.1. The first kappa shape index (κ1) is 22.7. The Morgan fingerprint density at radius 1 is 1.07 bits per heavy atom. The summed E-state index contributed by atoms with van der Waals surface area (Å²) in [5.74, 6) is 0.438. The highest BCUT2D eigenvalue weighted by atomic mass is 35.5. The summed E-state index contributed by atoms with van der Waals surface area (Å²) < 4.78 is 6.56. The molecule has 3 rings (SSSR count). The van der Waals surface area contributed by atoms with Gasteiger partial charge in [0.25, 0.3) is 5.91 Å². The van der Waals surface area contributed by atoms with Gasteiger partial charge in [-0.1, -0.05) is 34.5 Å². The molecule has 0 aliphatic carbocycles. The molecule has 5 nitrogen and oxygen atoms in total. The second-order valence-electron chi connectivity index (χ2n) is 6.20. The van der Waals surface area contributed by atoms with E-state index >= 15 is 0 Å². The van der Waals surface area contributed by atoms with Crippen molar-refractivity contribution in [3.63, 3.8) is 0 Å². The Morgan fingerprint density at radius 2 is 1.75 bits per heavy atom. The lowest BCUT2D eigenvalue weighted by atomic mass is 10.3. The largest absolute Gasteiger partial charge is 0.484 e. The zero-order chi connectivity index (χ0) is 19.4. The Labute approximate surface area is 184 Å². The molecular weight excluding hydrogens is 441 g/mol. The van der Waals surface area contributed by atoms with Crippen LogP contribution >= 0.6 is 46.9 Å². The zero-order valence-corrected chi connectivity index (χ0v) is 18.5. The highest BCUT2D eigenvalue weighted by Gasteiger charge is 2.20. The standard InChI is InChI=1S/C19H19Cl2N3O2S.ClH/c1-23(2)9-10-24(18(25)12-26-15-6-3-13(20)4-7-15)19-22-16-8-5-14(21)11-17(16)27-19;/h3-8,11H,9-10,12H2,1-2H3;1H. The number of thiazole rings is 1. The Morgan fingerprint density at radius 3 is 2.43 bits per heavy atom. The summed E-state index contributed by atoms with van der Waals surface area (Å²) in [6.45, 7) is 1.15. The summed E-state index contributed by atoms with van der Waals surface area (Å²) in [5, 5.41) is 1.91. The lowest BCUT2D eigenvalue weighted by Gasteiger charge is -2.22. The minimum Gasteiger partial charge on any atom is -0.484 e.